The molecule has 6 N–H and O–H groups in total. The molecule has 522 valence electrons. The van der Waals surface area contributed by atoms with Crippen molar-refractivity contribution >= 4 is 87.5 Å². The molecule has 13 heterocycles. The van der Waals surface area contributed by atoms with Crippen LogP contribution in [0.5, 0.6) is 5.75 Å². The number of aliphatic hydroxyl groups excluding tert-OH is 2. The number of halogens is 6. The van der Waals surface area contributed by atoms with Gasteiger partial charge >= 0.3 is 30.4 Å². The number of ketones is 2. The molecule has 4 fully saturated rings. The Morgan fingerprint density at radius 2 is 1.15 bits per heavy atom. The van der Waals surface area contributed by atoms with Crippen molar-refractivity contribution < 1.29 is 79.0 Å². The van der Waals surface area contributed by atoms with Gasteiger partial charge in [0, 0.05) is 95.2 Å². The van der Waals surface area contributed by atoms with E-state index in [2.05, 4.69) is 66.1 Å². The van der Waals surface area contributed by atoms with Gasteiger partial charge in [0.15, 0.2) is 46.5 Å². The predicted molar refractivity (Wildman–Crippen MR) is 346 cm³/mol. The molecule has 7 amide bonds. The maximum absolute atomic E-state index is 13.5. The SMILES string of the molecule is C[C@@H](CC(=O)c1ccc2c(n1)N(C(=O)Nc1ccon1)[C@H]1CCN2C1)C(F)(F)F.Cc1ncc(-c2ccnc(NC(=O)N3c4nc(C(=O)C[C@H](C)C(F)(F)F)cc(C)c4N4CC[C@H]3C4)c2)o1.O=C(NC1CC1)c1ccc2c(n1)N(C(=O)Nc1cc(OC[C@@H](O)CO)ccn1)[C@H]1CCN2C1. The van der Waals surface area contributed by atoms with Crippen molar-refractivity contribution in [2.45, 2.75) is 115 Å². The van der Waals surface area contributed by atoms with Crippen molar-refractivity contribution in [2.24, 2.45) is 11.8 Å². The number of carbonyl (C=O) groups is 6. The van der Waals surface area contributed by atoms with Crippen LogP contribution in [0.25, 0.3) is 11.3 Å². The number of hydrogen-bond donors (Lipinski definition) is 6. The smallest absolute Gasteiger partial charge is 0.391 e. The number of fused-ring (bicyclic) bond motifs is 12. The average molecular weight is 1380 g/mol. The molecular formula is C65H69F6N17O11. The molecule has 99 heavy (non-hydrogen) atoms. The Labute approximate surface area is 561 Å². The molecule has 7 aromatic heterocycles. The summed E-state index contributed by atoms with van der Waals surface area (Å²) >= 11 is 0. The molecule has 1 aliphatic carbocycles. The standard InChI is InChI=1S/C25H25F3N6O3.C22H26N6O5.C18H18F3N5O3/c1-13-8-18(19(35)9-14(2)25(26,27)28)31-23-22(13)33-7-5-17(12-33)34(23)24(36)32-21-10-16(4-6-29-21)20-11-30-15(3)37-20;29-11-15(30)12-33-16-5-7-23-19(9-16)26-22(32)28-14-6-8-27(10-14)18-4-3-17(25-20(18)28)21(31)24-13-1-2-13;1-10(18(19,20)21)8-14(27)12-2-3-13-16(22-12)26(11-4-6-25(13)9-11)17(28)23-15-5-7-29-24-15/h4,6,8,10-11,14,17H,5,7,9,12H2,1-3H3,(H,29,32,36);3-5,7,9,13-15,29-30H,1-2,6,8,10-12H2,(H,24,31)(H,23,26,32);2-3,5,7,10-11H,4,6,8-9H2,1H3,(H,23,24,28)/t14-,17-;14-,15-;10-,11-/m000/s1. The highest BCUT2D eigenvalue weighted by molar-refractivity contribution is 6.08. The number of amides is 7. The third-order valence-electron chi connectivity index (χ3n) is 17.8. The van der Waals surface area contributed by atoms with E-state index >= 15 is 0 Å². The number of oxazole rings is 1. The lowest BCUT2D eigenvalue weighted by atomic mass is 10.0. The van der Waals surface area contributed by atoms with Gasteiger partial charge < -0.3 is 43.9 Å². The van der Waals surface area contributed by atoms with Crippen molar-refractivity contribution in [1.82, 2.24) is 40.4 Å². The third-order valence-corrected chi connectivity index (χ3v) is 17.8. The van der Waals surface area contributed by atoms with E-state index in [1.807, 2.05) is 11.0 Å². The van der Waals surface area contributed by atoms with Gasteiger partial charge in [0.2, 0.25) is 0 Å². The second kappa shape index (κ2) is 28.1. The zero-order valence-corrected chi connectivity index (χ0v) is 53.9. The summed E-state index contributed by atoms with van der Waals surface area (Å²) in [6, 6.07) is 14.5. The Bertz CT molecular complexity index is 4200. The van der Waals surface area contributed by atoms with Gasteiger partial charge in [0.25, 0.3) is 5.91 Å². The van der Waals surface area contributed by atoms with Crippen LogP contribution in [0.1, 0.15) is 102 Å². The second-order valence-electron chi connectivity index (χ2n) is 25.1. The minimum atomic E-state index is -4.48. The van der Waals surface area contributed by atoms with E-state index in [4.69, 9.17) is 18.8 Å². The number of urea groups is 3. The lowest BCUT2D eigenvalue weighted by molar-refractivity contribution is -0.169. The van der Waals surface area contributed by atoms with E-state index in [-0.39, 0.29) is 82.9 Å². The number of aryl methyl sites for hydroxylation is 2. The van der Waals surface area contributed by atoms with Crippen LogP contribution in [0.15, 0.2) is 94.5 Å². The number of carbonyl (C=O) groups excluding carboxylic acids is 6. The van der Waals surface area contributed by atoms with E-state index in [9.17, 15) is 60.2 Å². The summed E-state index contributed by atoms with van der Waals surface area (Å²) in [5.41, 5.74) is 3.64. The van der Waals surface area contributed by atoms with Crippen LogP contribution >= 0.6 is 0 Å². The molecule has 0 unspecified atom stereocenters. The molecule has 3 saturated heterocycles. The number of ether oxygens (including phenoxy) is 1. The number of rotatable bonds is 16. The van der Waals surface area contributed by atoms with Crippen LogP contribution in [0, 0.1) is 25.7 Å². The van der Waals surface area contributed by atoms with Gasteiger partial charge in [-0.15, -0.1) is 0 Å². The Kier molecular flexibility index (Phi) is 19.5. The first-order valence-electron chi connectivity index (χ1n) is 32.0. The van der Waals surface area contributed by atoms with Gasteiger partial charge in [-0.2, -0.15) is 26.3 Å². The van der Waals surface area contributed by atoms with E-state index in [0.717, 1.165) is 45.3 Å². The van der Waals surface area contributed by atoms with Gasteiger partial charge in [0.1, 0.15) is 53.4 Å². The lowest BCUT2D eigenvalue weighted by Gasteiger charge is -2.36. The zero-order valence-electron chi connectivity index (χ0n) is 53.9. The Morgan fingerprint density at radius 3 is 1.71 bits per heavy atom. The largest absolute Gasteiger partial charge is 0.491 e. The van der Waals surface area contributed by atoms with Gasteiger partial charge in [-0.05, 0) is 93.1 Å². The van der Waals surface area contributed by atoms with E-state index in [1.54, 1.807) is 61.3 Å². The second-order valence-corrected chi connectivity index (χ2v) is 25.1. The first kappa shape index (κ1) is 68.4. The molecule has 0 spiro atoms. The van der Waals surface area contributed by atoms with Crippen LogP contribution in [-0.4, -0.2) is 176 Å². The molecule has 6 bridgehead atoms. The monoisotopic (exact) mass is 1380 g/mol. The molecule has 6 aliphatic heterocycles. The average Bonchev–Trinajstić information content (AvgIpc) is 1.70. The van der Waals surface area contributed by atoms with E-state index < -0.39 is 79.4 Å². The van der Waals surface area contributed by atoms with Crippen molar-refractivity contribution in [2.75, 3.05) is 97.8 Å². The first-order chi connectivity index (χ1) is 47.3. The Balaban J connectivity index is 0.000000142. The summed E-state index contributed by atoms with van der Waals surface area (Å²) in [6.07, 6.45) is -1.30. The van der Waals surface area contributed by atoms with Gasteiger partial charge in [-0.1, -0.05) is 19.0 Å². The molecule has 7 aliphatic rings. The van der Waals surface area contributed by atoms with Crippen molar-refractivity contribution in [3.05, 3.63) is 114 Å². The molecule has 0 radical (unpaired) electrons. The van der Waals surface area contributed by atoms with E-state index in [0.29, 0.717) is 91.3 Å². The number of Topliss-reactive ketones (excluding diaryl/α,β-unsaturated/α-hetero) is 2. The summed E-state index contributed by atoms with van der Waals surface area (Å²) in [6.45, 7) is 9.05. The van der Waals surface area contributed by atoms with Crippen molar-refractivity contribution in [3.8, 4) is 17.1 Å². The minimum absolute atomic E-state index is 0.0640. The maximum Gasteiger partial charge on any atom is 0.391 e. The number of nitrogens with zero attached hydrogens (tertiary/aromatic N) is 13. The summed E-state index contributed by atoms with van der Waals surface area (Å²) < 4.78 is 93.2. The summed E-state index contributed by atoms with van der Waals surface area (Å²) in [5.74, 6) is -2.06. The number of anilines is 9. The molecule has 34 heteroatoms. The molecule has 1 saturated carbocycles. The highest BCUT2D eigenvalue weighted by Gasteiger charge is 2.46. The third kappa shape index (κ3) is 15.3. The highest BCUT2D eigenvalue weighted by Crippen LogP contribution is 2.44. The van der Waals surface area contributed by atoms with Gasteiger partial charge in [-0.3, -0.25) is 45.0 Å². The topological polar surface area (TPSA) is 336 Å². The predicted octanol–water partition coefficient (Wildman–Crippen LogP) is 9.35. The van der Waals surface area contributed by atoms with Crippen LogP contribution in [0.4, 0.5) is 92.7 Å². The van der Waals surface area contributed by atoms with Crippen LogP contribution in [0.3, 0.4) is 0 Å². The summed E-state index contributed by atoms with van der Waals surface area (Å²) in [5, 5.41) is 33.2. The Hall–Kier alpha value is -10.5. The Morgan fingerprint density at radius 1 is 0.626 bits per heavy atom. The van der Waals surface area contributed by atoms with Gasteiger partial charge in [0.05, 0.1) is 59.8 Å². The lowest BCUT2D eigenvalue weighted by Crippen LogP contribution is -2.48. The highest BCUT2D eigenvalue weighted by atomic mass is 19.4. The van der Waals surface area contributed by atoms with Crippen LogP contribution in [0.2, 0.25) is 0 Å². The van der Waals surface area contributed by atoms with Crippen LogP contribution in [-0.2, 0) is 0 Å². The fourth-order valence-corrected chi connectivity index (χ4v) is 12.4. The normalized spacial score (nSPS) is 18.7. The molecule has 28 nitrogen and oxygen atoms in total. The molecule has 6 atom stereocenters. The summed E-state index contributed by atoms with van der Waals surface area (Å²) in [7, 11) is 0. The van der Waals surface area contributed by atoms with Crippen LogP contribution < -0.4 is 55.4 Å². The fourth-order valence-electron chi connectivity index (χ4n) is 12.4. The minimum Gasteiger partial charge on any atom is -0.491 e. The number of aromatic nitrogens is 7. The van der Waals surface area contributed by atoms with E-state index in [1.165, 1.54) is 46.7 Å². The number of alkyl halides is 6. The van der Waals surface area contributed by atoms with Gasteiger partial charge in [-0.25, -0.2) is 44.3 Å². The number of pyridine rings is 5. The number of aliphatic hydroxyl groups is 2. The number of nitrogens with one attached hydrogen (secondary N) is 4. The quantitative estimate of drug-likeness (QED) is 0.0387. The zero-order chi connectivity index (χ0) is 70.2. The maximum atomic E-state index is 13.5. The molecular weight excluding hydrogens is 1310 g/mol. The molecule has 14 rings (SSSR count). The summed E-state index contributed by atoms with van der Waals surface area (Å²) in [4.78, 5) is 114. The van der Waals surface area contributed by atoms with Crippen molar-refractivity contribution in [3.63, 3.8) is 0 Å². The first-order valence-corrected chi connectivity index (χ1v) is 32.0. The molecule has 0 aromatic carbocycles. The fraction of sp³-hybridized carbons (Fsp3) is 0.431. The molecule has 7 aromatic rings. The number of hydrogen-bond acceptors (Lipinski definition) is 21. The van der Waals surface area contributed by atoms with Crippen molar-refractivity contribution in [1.29, 1.82) is 0 Å².